The Morgan fingerprint density at radius 3 is 1.85 bits per heavy atom. The Kier molecular flexibility index (Phi) is 7.82. The molecule has 13 heavy (non-hydrogen) atoms. The first-order chi connectivity index (χ1) is 5.86. The van der Waals surface area contributed by atoms with Gasteiger partial charge in [-0.15, -0.1) is 0 Å². The predicted octanol–water partition coefficient (Wildman–Crippen LogP) is 2.50. The summed E-state index contributed by atoms with van der Waals surface area (Å²) in [6.07, 6.45) is 3.52. The monoisotopic (exact) mass is 185 g/mol. The third-order valence-corrected chi connectivity index (χ3v) is 1.88. The number of hydrogen-bond acceptors (Lipinski definition) is 2. The van der Waals surface area contributed by atoms with Crippen LogP contribution < -0.4 is 0 Å². The Morgan fingerprint density at radius 1 is 1.23 bits per heavy atom. The second-order valence-electron chi connectivity index (χ2n) is 3.49. The average Bonchev–Trinajstić information content (AvgIpc) is 2.05. The van der Waals surface area contributed by atoms with E-state index >= 15 is 0 Å². The van der Waals surface area contributed by atoms with Gasteiger partial charge in [0.15, 0.2) is 5.78 Å². The van der Waals surface area contributed by atoms with Crippen molar-refractivity contribution in [3.63, 3.8) is 0 Å². The smallest absolute Gasteiger partial charge is 0.152 e. The second kappa shape index (κ2) is 6.84. The van der Waals surface area contributed by atoms with Gasteiger partial charge in [0, 0.05) is 5.54 Å². The van der Waals surface area contributed by atoms with Crippen molar-refractivity contribution in [1.82, 2.24) is 4.90 Å². The molecule has 2 heteroatoms. The van der Waals surface area contributed by atoms with Crippen molar-refractivity contribution in [3.8, 4) is 0 Å². The van der Waals surface area contributed by atoms with Gasteiger partial charge in [-0.25, -0.2) is 0 Å². The number of likely N-dealkylation sites (N-methyl/N-ethyl adjacent to an activating group) is 1. The van der Waals surface area contributed by atoms with Crippen LogP contribution in [0.5, 0.6) is 0 Å². The molecule has 0 heterocycles. The topological polar surface area (TPSA) is 20.3 Å². The van der Waals surface area contributed by atoms with Crippen LogP contribution in [0.25, 0.3) is 0 Å². The predicted molar refractivity (Wildman–Crippen MR) is 58.9 cm³/mol. The molecule has 0 aromatic heterocycles. The van der Waals surface area contributed by atoms with Gasteiger partial charge in [-0.3, -0.25) is 4.79 Å². The highest BCUT2D eigenvalue weighted by Crippen LogP contribution is 2.10. The minimum Gasteiger partial charge on any atom is -0.301 e. The first-order valence-electron chi connectivity index (χ1n) is 4.73. The summed E-state index contributed by atoms with van der Waals surface area (Å²) in [5, 5.41) is 0. The van der Waals surface area contributed by atoms with Crippen LogP contribution in [0.1, 0.15) is 34.6 Å². The average molecular weight is 185 g/mol. The Hall–Kier alpha value is -0.630. The molecule has 0 rings (SSSR count). The van der Waals surface area contributed by atoms with Crippen LogP contribution >= 0.6 is 0 Å². The maximum atomic E-state index is 10.6. The number of carbonyl (C=O) groups is 1. The molecule has 0 N–H and O–H groups in total. The number of carbonyl (C=O) groups excluding carboxylic acids is 1. The van der Waals surface area contributed by atoms with E-state index in [1.807, 2.05) is 34.0 Å². The molecular weight excluding hydrogens is 162 g/mol. The summed E-state index contributed by atoms with van der Waals surface area (Å²) in [7, 11) is 3.98. The van der Waals surface area contributed by atoms with Gasteiger partial charge in [-0.2, -0.15) is 0 Å². The molecule has 78 valence electrons. The van der Waals surface area contributed by atoms with Crippen molar-refractivity contribution in [3.05, 3.63) is 12.2 Å². The lowest BCUT2D eigenvalue weighted by molar-refractivity contribution is -0.112. The van der Waals surface area contributed by atoms with Crippen LogP contribution in [0.4, 0.5) is 0 Å². The highest BCUT2D eigenvalue weighted by molar-refractivity contribution is 5.87. The molecule has 0 saturated heterocycles. The quantitative estimate of drug-likeness (QED) is 0.630. The lowest BCUT2D eigenvalue weighted by Crippen LogP contribution is -2.35. The Morgan fingerprint density at radius 2 is 1.62 bits per heavy atom. The molecule has 0 aliphatic carbocycles. The largest absolute Gasteiger partial charge is 0.301 e. The number of nitrogens with zero attached hydrogens (tertiary/aromatic N) is 1. The van der Waals surface area contributed by atoms with Crippen molar-refractivity contribution in [1.29, 1.82) is 0 Å². The molecule has 0 aromatic carbocycles. The summed E-state index contributed by atoms with van der Waals surface area (Å²) in [6, 6.07) is 0. The van der Waals surface area contributed by atoms with Crippen LogP contribution in [0.3, 0.4) is 0 Å². The number of hydrogen-bond donors (Lipinski definition) is 0. The van der Waals surface area contributed by atoms with Crippen LogP contribution in [-0.2, 0) is 4.79 Å². The van der Waals surface area contributed by atoms with Crippen molar-refractivity contribution in [2.75, 3.05) is 14.1 Å². The highest BCUT2D eigenvalue weighted by Gasteiger charge is 2.15. The van der Waals surface area contributed by atoms with Crippen LogP contribution in [-0.4, -0.2) is 30.3 Å². The zero-order chi connectivity index (χ0) is 11.1. The fourth-order valence-electron chi connectivity index (χ4n) is 0.470. The van der Waals surface area contributed by atoms with E-state index in [1.54, 1.807) is 13.0 Å². The van der Waals surface area contributed by atoms with E-state index in [9.17, 15) is 4.79 Å². The van der Waals surface area contributed by atoms with Crippen molar-refractivity contribution < 1.29 is 4.79 Å². The van der Waals surface area contributed by atoms with E-state index < -0.39 is 0 Å². The molecule has 0 aliphatic rings. The first-order valence-corrected chi connectivity index (χ1v) is 4.73. The van der Waals surface area contributed by atoms with Crippen LogP contribution in [0, 0.1) is 0 Å². The summed E-state index contributed by atoms with van der Waals surface area (Å²) >= 11 is 0. The molecule has 0 bridgehead atoms. The summed E-state index contributed by atoms with van der Waals surface area (Å²) in [5.74, 6) is 0.0972. The molecule has 2 nitrogen and oxygen atoms in total. The summed E-state index contributed by atoms with van der Waals surface area (Å²) < 4.78 is 0. The van der Waals surface area contributed by atoms with Crippen molar-refractivity contribution in [2.45, 2.75) is 40.2 Å². The number of ketones is 1. The fraction of sp³-hybridized carbons (Fsp3) is 0.727. The minimum atomic E-state index is -0.0360. The normalized spacial score (nSPS) is 11.4. The molecule has 0 aromatic rings. The van der Waals surface area contributed by atoms with Gasteiger partial charge in [0.25, 0.3) is 0 Å². The van der Waals surface area contributed by atoms with E-state index in [0.717, 1.165) is 0 Å². The SMILES string of the molecule is CC.CC(=O)/C=C/C(C)(C)N(C)C. The molecular formula is C11H23NO. The molecule has 0 radical (unpaired) electrons. The van der Waals surface area contributed by atoms with Gasteiger partial charge in [-0.05, 0) is 40.9 Å². The molecule has 0 aliphatic heterocycles. The maximum Gasteiger partial charge on any atom is 0.152 e. The third kappa shape index (κ3) is 7.72. The molecule has 0 fully saturated rings. The van der Waals surface area contributed by atoms with Gasteiger partial charge >= 0.3 is 0 Å². The number of allylic oxidation sites excluding steroid dienone is 1. The van der Waals surface area contributed by atoms with E-state index in [0.29, 0.717) is 0 Å². The lowest BCUT2D eigenvalue weighted by Gasteiger charge is -2.28. The summed E-state index contributed by atoms with van der Waals surface area (Å²) in [4.78, 5) is 12.7. The van der Waals surface area contributed by atoms with Crippen molar-refractivity contribution in [2.24, 2.45) is 0 Å². The Bertz CT molecular complexity index is 169. The van der Waals surface area contributed by atoms with Crippen LogP contribution in [0.2, 0.25) is 0 Å². The van der Waals surface area contributed by atoms with Gasteiger partial charge in [0.2, 0.25) is 0 Å². The zero-order valence-electron chi connectivity index (χ0n) is 10.0. The van der Waals surface area contributed by atoms with E-state index in [-0.39, 0.29) is 11.3 Å². The van der Waals surface area contributed by atoms with E-state index in [1.165, 1.54) is 0 Å². The highest BCUT2D eigenvalue weighted by atomic mass is 16.1. The first kappa shape index (κ1) is 14.9. The molecule has 0 spiro atoms. The van der Waals surface area contributed by atoms with E-state index in [4.69, 9.17) is 0 Å². The third-order valence-electron chi connectivity index (χ3n) is 1.88. The van der Waals surface area contributed by atoms with Gasteiger partial charge in [0.1, 0.15) is 0 Å². The Balaban J connectivity index is 0. The second-order valence-corrected chi connectivity index (χ2v) is 3.49. The van der Waals surface area contributed by atoms with Crippen LogP contribution in [0.15, 0.2) is 12.2 Å². The molecule has 0 unspecified atom stereocenters. The van der Waals surface area contributed by atoms with Crippen molar-refractivity contribution >= 4 is 5.78 Å². The van der Waals surface area contributed by atoms with Gasteiger partial charge in [-0.1, -0.05) is 19.9 Å². The summed E-state index contributed by atoms with van der Waals surface area (Å²) in [5.41, 5.74) is -0.0360. The maximum absolute atomic E-state index is 10.6. The number of rotatable bonds is 3. The standard InChI is InChI=1S/C9H17NO.C2H6/c1-8(11)6-7-9(2,3)10(4)5;1-2/h6-7H,1-5H3;1-2H3/b7-6+;. The summed E-state index contributed by atoms with van der Waals surface area (Å²) in [6.45, 7) is 9.68. The minimum absolute atomic E-state index is 0.0360. The van der Waals surface area contributed by atoms with Gasteiger partial charge < -0.3 is 4.90 Å². The Labute approximate surface area is 82.6 Å². The molecule has 0 saturated carbocycles. The molecule has 0 amide bonds. The van der Waals surface area contributed by atoms with E-state index in [2.05, 4.69) is 18.7 Å². The fourth-order valence-corrected chi connectivity index (χ4v) is 0.470. The van der Waals surface area contributed by atoms with Gasteiger partial charge in [0.05, 0.1) is 0 Å². The molecule has 0 atom stereocenters. The lowest BCUT2D eigenvalue weighted by atomic mass is 10.0. The zero-order valence-corrected chi connectivity index (χ0v) is 10.0.